The Morgan fingerprint density at radius 3 is 2.37 bits per heavy atom. The van der Waals surface area contributed by atoms with Crippen molar-refractivity contribution in [3.63, 3.8) is 0 Å². The number of alkyl carbamates (subject to hydrolysis) is 1. The molecule has 4 rings (SSSR count). The van der Waals surface area contributed by atoms with Crippen LogP contribution in [0.4, 0.5) is 10.5 Å². The van der Waals surface area contributed by atoms with E-state index in [1.54, 1.807) is 53.7 Å². The fourth-order valence-electron chi connectivity index (χ4n) is 4.39. The number of aliphatic carboxylic acids is 1. The average Bonchev–Trinajstić information content (AvgIpc) is 2.91. The van der Waals surface area contributed by atoms with Gasteiger partial charge in [0.05, 0.1) is 18.3 Å². The normalized spacial score (nSPS) is 15.9. The molecule has 1 aromatic heterocycles. The number of aromatic nitrogens is 1. The van der Waals surface area contributed by atoms with E-state index in [9.17, 15) is 14.7 Å². The van der Waals surface area contributed by atoms with Gasteiger partial charge in [0, 0.05) is 6.07 Å². The number of benzene rings is 2. The lowest BCUT2D eigenvalue weighted by atomic mass is 9.97. The molecule has 2 aromatic carbocycles. The van der Waals surface area contributed by atoms with Crippen LogP contribution in [0.15, 0.2) is 71.9 Å². The van der Waals surface area contributed by atoms with Crippen LogP contribution in [0.5, 0.6) is 17.4 Å². The number of nitrogens with one attached hydrogen (secondary N) is 1. The van der Waals surface area contributed by atoms with Crippen molar-refractivity contribution >= 4 is 23.6 Å². The first kappa shape index (κ1) is 31.3. The number of aliphatic imine (C=N–C) groups is 1. The highest BCUT2D eigenvalue weighted by atomic mass is 16.6. The SMILES string of the molecule is CC(C)(C)OC(=O)N[C@@H](CC(=O)O)C(=Nc1ccc(Oc2ccc3c(c2)CCC(c2ccccc2)O3)nc1)OC(C)(C)C. The van der Waals surface area contributed by atoms with Crippen LogP contribution in [0.25, 0.3) is 0 Å². The highest BCUT2D eigenvalue weighted by Crippen LogP contribution is 2.37. The number of aryl methyl sites for hydroxylation is 1. The van der Waals surface area contributed by atoms with E-state index in [4.69, 9.17) is 18.9 Å². The smallest absolute Gasteiger partial charge is 0.408 e. The Balaban J connectivity index is 1.49. The van der Waals surface area contributed by atoms with E-state index in [0.717, 1.165) is 29.7 Å². The molecular formula is C33H39N3O7. The van der Waals surface area contributed by atoms with Crippen molar-refractivity contribution in [3.8, 4) is 17.4 Å². The maximum absolute atomic E-state index is 12.5. The molecule has 43 heavy (non-hydrogen) atoms. The fraction of sp³-hybridized carbons (Fsp3) is 0.394. The number of carbonyl (C=O) groups excluding carboxylic acids is 1. The zero-order valence-corrected chi connectivity index (χ0v) is 25.4. The van der Waals surface area contributed by atoms with Gasteiger partial charge in [0.15, 0.2) is 0 Å². The molecule has 0 bridgehead atoms. The van der Waals surface area contributed by atoms with Crippen molar-refractivity contribution in [2.45, 2.75) is 84.2 Å². The van der Waals surface area contributed by atoms with Crippen LogP contribution >= 0.6 is 0 Å². The van der Waals surface area contributed by atoms with Gasteiger partial charge in [0.2, 0.25) is 11.8 Å². The first-order valence-electron chi connectivity index (χ1n) is 14.2. The highest BCUT2D eigenvalue weighted by molar-refractivity contribution is 5.91. The summed E-state index contributed by atoms with van der Waals surface area (Å²) in [5.74, 6) is 0.695. The van der Waals surface area contributed by atoms with E-state index < -0.39 is 35.7 Å². The van der Waals surface area contributed by atoms with Gasteiger partial charge in [-0.3, -0.25) is 4.79 Å². The van der Waals surface area contributed by atoms with Crippen LogP contribution in [-0.4, -0.2) is 45.3 Å². The number of pyridine rings is 1. The molecule has 1 amide bonds. The van der Waals surface area contributed by atoms with Gasteiger partial charge in [-0.15, -0.1) is 0 Å². The minimum atomic E-state index is -1.14. The third-order valence-corrected chi connectivity index (χ3v) is 6.11. The minimum absolute atomic E-state index is 0.0136. The summed E-state index contributed by atoms with van der Waals surface area (Å²) in [5, 5.41) is 12.1. The Bertz CT molecular complexity index is 1440. The number of fused-ring (bicyclic) bond motifs is 1. The molecule has 228 valence electrons. The predicted molar refractivity (Wildman–Crippen MR) is 162 cm³/mol. The molecule has 2 N–H and O–H groups in total. The summed E-state index contributed by atoms with van der Waals surface area (Å²) in [5.41, 5.74) is 1.12. The Morgan fingerprint density at radius 1 is 1.02 bits per heavy atom. The van der Waals surface area contributed by atoms with Crippen LogP contribution in [0, 0.1) is 0 Å². The molecule has 1 unspecified atom stereocenters. The van der Waals surface area contributed by atoms with Gasteiger partial charge in [-0.25, -0.2) is 14.8 Å². The molecule has 0 radical (unpaired) electrons. The second-order valence-corrected chi connectivity index (χ2v) is 12.2. The molecule has 3 aromatic rings. The van der Waals surface area contributed by atoms with Gasteiger partial charge in [0.25, 0.3) is 0 Å². The zero-order chi connectivity index (χ0) is 31.2. The molecule has 0 spiro atoms. The summed E-state index contributed by atoms with van der Waals surface area (Å²) in [6.07, 6.45) is 2.00. The number of carboxylic acids is 1. The molecule has 0 fully saturated rings. The van der Waals surface area contributed by atoms with E-state index in [1.165, 1.54) is 6.20 Å². The molecule has 10 nitrogen and oxygen atoms in total. The van der Waals surface area contributed by atoms with Crippen molar-refractivity contribution in [1.29, 1.82) is 0 Å². The van der Waals surface area contributed by atoms with Crippen molar-refractivity contribution in [1.82, 2.24) is 10.3 Å². The molecule has 0 saturated heterocycles. The molecule has 1 aliphatic heterocycles. The Hall–Kier alpha value is -4.60. The van der Waals surface area contributed by atoms with Crippen LogP contribution in [0.3, 0.4) is 0 Å². The van der Waals surface area contributed by atoms with Crippen molar-refractivity contribution in [2.75, 3.05) is 0 Å². The van der Waals surface area contributed by atoms with Crippen molar-refractivity contribution in [3.05, 3.63) is 78.0 Å². The third-order valence-electron chi connectivity index (χ3n) is 6.11. The lowest BCUT2D eigenvalue weighted by Crippen LogP contribution is -2.47. The molecule has 1 aliphatic rings. The first-order chi connectivity index (χ1) is 20.2. The van der Waals surface area contributed by atoms with E-state index in [2.05, 4.69) is 27.4 Å². The summed E-state index contributed by atoms with van der Waals surface area (Å²) in [4.78, 5) is 33.0. The van der Waals surface area contributed by atoms with Crippen LogP contribution in [-0.2, 0) is 20.7 Å². The van der Waals surface area contributed by atoms with Gasteiger partial charge in [0.1, 0.15) is 34.8 Å². The van der Waals surface area contributed by atoms with Gasteiger partial charge in [-0.1, -0.05) is 30.3 Å². The predicted octanol–water partition coefficient (Wildman–Crippen LogP) is 7.15. The highest BCUT2D eigenvalue weighted by Gasteiger charge is 2.29. The summed E-state index contributed by atoms with van der Waals surface area (Å²) < 4.78 is 23.5. The number of hydrogen-bond acceptors (Lipinski definition) is 8. The van der Waals surface area contributed by atoms with Crippen LogP contribution in [0.2, 0.25) is 0 Å². The Kier molecular flexibility index (Phi) is 9.58. The van der Waals surface area contributed by atoms with Crippen molar-refractivity contribution < 1.29 is 33.6 Å². The molecule has 2 atom stereocenters. The van der Waals surface area contributed by atoms with Gasteiger partial charge < -0.3 is 29.4 Å². The monoisotopic (exact) mass is 589 g/mol. The summed E-state index contributed by atoms with van der Waals surface area (Å²) in [7, 11) is 0. The number of carboxylic acid groups (broad SMARTS) is 1. The molecule has 2 heterocycles. The Morgan fingerprint density at radius 2 is 1.74 bits per heavy atom. The standard InChI is InChI=1S/C33H39N3O7/c1-32(2,3)42-30(25(19-29(37)38)36-31(39)43-33(4,5)6)35-23-13-17-28(34-20-23)40-24-14-16-27-22(18-24)12-15-26(41-27)21-10-8-7-9-11-21/h7-11,13-14,16-18,20,25-26H,12,15,19H2,1-6H3,(H,36,39)(H,37,38)/t25-,26?/m0/s1. The van der Waals surface area contributed by atoms with Crippen LogP contribution in [0.1, 0.15) is 71.6 Å². The second-order valence-electron chi connectivity index (χ2n) is 12.2. The lowest BCUT2D eigenvalue weighted by Gasteiger charge is -2.28. The van der Waals surface area contributed by atoms with E-state index in [0.29, 0.717) is 17.3 Å². The van der Waals surface area contributed by atoms with E-state index in [-0.39, 0.29) is 12.0 Å². The molecular weight excluding hydrogens is 550 g/mol. The van der Waals surface area contributed by atoms with Gasteiger partial charge >= 0.3 is 12.1 Å². The average molecular weight is 590 g/mol. The number of ether oxygens (including phenoxy) is 4. The first-order valence-corrected chi connectivity index (χ1v) is 14.2. The fourth-order valence-corrected chi connectivity index (χ4v) is 4.39. The second kappa shape index (κ2) is 13.1. The summed E-state index contributed by atoms with van der Waals surface area (Å²) >= 11 is 0. The van der Waals surface area contributed by atoms with Gasteiger partial charge in [-0.05, 0) is 89.8 Å². The largest absolute Gasteiger partial charge is 0.485 e. The maximum atomic E-state index is 12.5. The van der Waals surface area contributed by atoms with Crippen LogP contribution < -0.4 is 14.8 Å². The molecule has 0 aliphatic carbocycles. The number of amides is 1. The number of nitrogens with zero attached hydrogens (tertiary/aromatic N) is 2. The quantitative estimate of drug-likeness (QED) is 0.209. The van der Waals surface area contributed by atoms with E-state index in [1.807, 2.05) is 36.4 Å². The summed E-state index contributed by atoms with van der Waals surface area (Å²) in [6.45, 7) is 10.5. The lowest BCUT2D eigenvalue weighted by molar-refractivity contribution is -0.137. The number of hydrogen-bond donors (Lipinski definition) is 2. The summed E-state index contributed by atoms with van der Waals surface area (Å²) in [6, 6.07) is 18.1. The van der Waals surface area contributed by atoms with Crippen molar-refractivity contribution in [2.24, 2.45) is 4.99 Å². The topological polar surface area (TPSA) is 129 Å². The maximum Gasteiger partial charge on any atom is 0.408 e. The van der Waals surface area contributed by atoms with E-state index >= 15 is 0 Å². The zero-order valence-electron chi connectivity index (χ0n) is 25.4. The molecule has 0 saturated carbocycles. The van der Waals surface area contributed by atoms with Gasteiger partial charge in [-0.2, -0.15) is 0 Å². The number of rotatable bonds is 8. The minimum Gasteiger partial charge on any atom is -0.485 e. The Labute approximate surface area is 252 Å². The molecule has 10 heteroatoms. The third kappa shape index (κ3) is 9.73. The number of carbonyl (C=O) groups is 2.